The highest BCUT2D eigenvalue weighted by Gasteiger charge is 2.35. The van der Waals surface area contributed by atoms with Crippen LogP contribution in [0.5, 0.6) is 0 Å². The van der Waals surface area contributed by atoms with E-state index in [2.05, 4.69) is 38.7 Å². The van der Waals surface area contributed by atoms with Crippen molar-refractivity contribution in [3.63, 3.8) is 0 Å². The molecule has 0 bridgehead atoms. The van der Waals surface area contributed by atoms with Crippen molar-refractivity contribution < 1.29 is 14.9 Å². The second kappa shape index (κ2) is 9.95. The molecule has 0 radical (unpaired) electrons. The minimum absolute atomic E-state index is 0.184. The number of aliphatic imine (C=N–C) groups is 1. The van der Waals surface area contributed by atoms with Crippen LogP contribution in [0.1, 0.15) is 52.2 Å². The molecule has 1 fully saturated rings. The first kappa shape index (κ1) is 21.4. The molecular formula is C19H30N6O4. The molecular weight excluding hydrogens is 376 g/mol. The van der Waals surface area contributed by atoms with Gasteiger partial charge in [0.05, 0.1) is 25.4 Å². The van der Waals surface area contributed by atoms with E-state index in [4.69, 9.17) is 4.74 Å². The smallest absolute Gasteiger partial charge is 0.280 e. The lowest BCUT2D eigenvalue weighted by molar-refractivity contribution is -0.0432. The maximum absolute atomic E-state index is 12.4. The molecule has 160 valence electrons. The topological polar surface area (TPSA) is 129 Å². The number of hydrogen-bond acceptors (Lipinski definition) is 7. The number of aromatic amines is 1. The number of hydrogen-bond donors (Lipinski definition) is 3. The lowest BCUT2D eigenvalue weighted by Crippen LogP contribution is -2.24. The van der Waals surface area contributed by atoms with Crippen molar-refractivity contribution in [2.75, 3.05) is 19.7 Å². The fourth-order valence-corrected chi connectivity index (χ4v) is 3.32. The van der Waals surface area contributed by atoms with Gasteiger partial charge in [-0.1, -0.05) is 26.7 Å². The van der Waals surface area contributed by atoms with Crippen LogP contribution < -0.4 is 5.56 Å². The number of fused-ring (bicyclic) bond motifs is 1. The van der Waals surface area contributed by atoms with Crippen LogP contribution in [-0.2, 0) is 4.74 Å². The molecule has 3 N–H and O–H groups in total. The largest absolute Gasteiger partial charge is 0.394 e. The highest BCUT2D eigenvalue weighted by Crippen LogP contribution is 2.30. The SMILES string of the molecule is CCCCN(C=Nc1nc2c(ncn2[C@H]2C[C@H](O)[C@@H](CO)O2)c(=O)[nH]1)CCCC. The van der Waals surface area contributed by atoms with Crippen molar-refractivity contribution in [2.24, 2.45) is 4.99 Å². The van der Waals surface area contributed by atoms with Gasteiger partial charge in [0.2, 0.25) is 5.95 Å². The third-order valence-electron chi connectivity index (χ3n) is 5.06. The van der Waals surface area contributed by atoms with Gasteiger partial charge in [-0.15, -0.1) is 0 Å². The number of aliphatic hydroxyl groups is 2. The van der Waals surface area contributed by atoms with E-state index in [9.17, 15) is 15.0 Å². The summed E-state index contributed by atoms with van der Waals surface area (Å²) in [5.74, 6) is 0.194. The Bertz CT molecular complexity index is 871. The molecule has 10 nitrogen and oxygen atoms in total. The fourth-order valence-electron chi connectivity index (χ4n) is 3.32. The highest BCUT2D eigenvalue weighted by atomic mass is 16.5. The molecule has 10 heteroatoms. The second-order valence-corrected chi connectivity index (χ2v) is 7.32. The zero-order valence-electron chi connectivity index (χ0n) is 17.0. The molecule has 0 unspecified atom stereocenters. The minimum atomic E-state index is -0.785. The Morgan fingerprint density at radius 3 is 2.72 bits per heavy atom. The van der Waals surface area contributed by atoms with Crippen LogP contribution in [0.3, 0.4) is 0 Å². The molecule has 2 aromatic rings. The Hall–Kier alpha value is -2.30. The van der Waals surface area contributed by atoms with Crippen molar-refractivity contribution in [3.05, 3.63) is 16.7 Å². The first-order chi connectivity index (χ1) is 14.1. The van der Waals surface area contributed by atoms with Gasteiger partial charge in [0.15, 0.2) is 11.2 Å². The number of nitrogens with zero attached hydrogens (tertiary/aromatic N) is 5. The summed E-state index contributed by atoms with van der Waals surface area (Å²) in [4.78, 5) is 30.2. The standard InChI is InChI=1S/C19H30N6O4/c1-3-5-7-24(8-6-4-2)11-21-19-22-17-16(18(28)23-19)20-12-25(17)15-9-13(27)14(10-26)29-15/h11-15,26-27H,3-10H2,1-2H3,(H,22,23,28)/t13-,14+,15+/m0/s1. The number of aliphatic hydroxyl groups excluding tert-OH is 2. The van der Waals surface area contributed by atoms with E-state index < -0.39 is 18.4 Å². The van der Waals surface area contributed by atoms with Crippen molar-refractivity contribution in [1.29, 1.82) is 0 Å². The summed E-state index contributed by atoms with van der Waals surface area (Å²) < 4.78 is 7.27. The first-order valence-electron chi connectivity index (χ1n) is 10.3. The van der Waals surface area contributed by atoms with Crippen LogP contribution in [0.25, 0.3) is 11.2 Å². The highest BCUT2D eigenvalue weighted by molar-refractivity contribution is 5.71. The molecule has 0 amide bonds. The molecule has 0 aromatic carbocycles. The zero-order valence-corrected chi connectivity index (χ0v) is 17.0. The van der Waals surface area contributed by atoms with Crippen LogP contribution in [-0.4, -0.2) is 72.9 Å². The average molecular weight is 406 g/mol. The monoisotopic (exact) mass is 406 g/mol. The normalized spacial score (nSPS) is 22.1. The summed E-state index contributed by atoms with van der Waals surface area (Å²) in [7, 11) is 0. The quantitative estimate of drug-likeness (QED) is 0.401. The van der Waals surface area contributed by atoms with Crippen molar-refractivity contribution >= 4 is 23.5 Å². The Kier molecular flexibility index (Phi) is 7.34. The second-order valence-electron chi connectivity index (χ2n) is 7.32. The number of unbranched alkanes of at least 4 members (excludes halogenated alkanes) is 2. The average Bonchev–Trinajstić information content (AvgIpc) is 3.30. The number of nitrogens with one attached hydrogen (secondary N) is 1. The zero-order chi connectivity index (χ0) is 20.8. The van der Waals surface area contributed by atoms with Crippen LogP contribution in [0.15, 0.2) is 16.1 Å². The van der Waals surface area contributed by atoms with E-state index in [1.54, 1.807) is 10.9 Å². The van der Waals surface area contributed by atoms with Crippen LogP contribution >= 0.6 is 0 Å². The van der Waals surface area contributed by atoms with Gasteiger partial charge in [-0.25, -0.2) is 9.98 Å². The Morgan fingerprint density at radius 1 is 1.38 bits per heavy atom. The number of aromatic nitrogens is 4. The Labute approximate surface area is 169 Å². The number of rotatable bonds is 10. The van der Waals surface area contributed by atoms with E-state index >= 15 is 0 Å². The maximum Gasteiger partial charge on any atom is 0.280 e. The summed E-state index contributed by atoms with van der Waals surface area (Å²) >= 11 is 0. The first-order valence-corrected chi connectivity index (χ1v) is 10.3. The predicted octanol–water partition coefficient (Wildman–Crippen LogP) is 1.32. The van der Waals surface area contributed by atoms with E-state index in [-0.39, 0.29) is 30.1 Å². The summed E-state index contributed by atoms with van der Waals surface area (Å²) in [5, 5.41) is 19.3. The van der Waals surface area contributed by atoms with Crippen LogP contribution in [0.2, 0.25) is 0 Å². The number of ether oxygens (including phenoxy) is 1. The van der Waals surface area contributed by atoms with E-state index in [0.29, 0.717) is 5.65 Å². The van der Waals surface area contributed by atoms with Gasteiger partial charge in [-0.2, -0.15) is 4.98 Å². The maximum atomic E-state index is 12.4. The van der Waals surface area contributed by atoms with Gasteiger partial charge in [0.25, 0.3) is 5.56 Å². The summed E-state index contributed by atoms with van der Waals surface area (Å²) in [6.45, 7) is 5.82. The minimum Gasteiger partial charge on any atom is -0.394 e. The molecule has 1 saturated heterocycles. The predicted molar refractivity (Wildman–Crippen MR) is 109 cm³/mol. The van der Waals surface area contributed by atoms with E-state index in [1.165, 1.54) is 6.33 Å². The molecule has 29 heavy (non-hydrogen) atoms. The van der Waals surface area contributed by atoms with Gasteiger partial charge in [-0.05, 0) is 12.8 Å². The summed E-state index contributed by atoms with van der Waals surface area (Å²) in [5.41, 5.74) is 0.139. The number of H-pyrrole nitrogens is 1. The molecule has 3 atom stereocenters. The fraction of sp³-hybridized carbons (Fsp3) is 0.684. The van der Waals surface area contributed by atoms with Crippen molar-refractivity contribution in [2.45, 2.75) is 64.4 Å². The van der Waals surface area contributed by atoms with Gasteiger partial charge in [0.1, 0.15) is 12.3 Å². The molecule has 0 aliphatic carbocycles. The Morgan fingerprint density at radius 2 is 2.10 bits per heavy atom. The van der Waals surface area contributed by atoms with Crippen LogP contribution in [0.4, 0.5) is 5.95 Å². The molecule has 1 aliphatic heterocycles. The van der Waals surface area contributed by atoms with Gasteiger partial charge < -0.3 is 19.8 Å². The molecule has 1 aliphatic rings. The lowest BCUT2D eigenvalue weighted by atomic mass is 10.2. The molecule has 0 spiro atoms. The Balaban J connectivity index is 1.85. The summed E-state index contributed by atoms with van der Waals surface area (Å²) in [6, 6.07) is 0. The van der Waals surface area contributed by atoms with E-state index in [1.807, 2.05) is 0 Å². The lowest BCUT2D eigenvalue weighted by Gasteiger charge is -2.18. The van der Waals surface area contributed by atoms with Gasteiger partial charge in [0, 0.05) is 19.5 Å². The van der Waals surface area contributed by atoms with Crippen LogP contribution in [0, 0.1) is 0 Å². The molecule has 3 rings (SSSR count). The molecule has 0 saturated carbocycles. The van der Waals surface area contributed by atoms with Crippen molar-refractivity contribution in [3.8, 4) is 0 Å². The molecule has 2 aromatic heterocycles. The third kappa shape index (κ3) is 5.01. The molecule has 3 heterocycles. The summed E-state index contributed by atoms with van der Waals surface area (Å²) in [6.07, 6.45) is 5.81. The van der Waals surface area contributed by atoms with Gasteiger partial charge >= 0.3 is 0 Å². The van der Waals surface area contributed by atoms with Gasteiger partial charge in [-0.3, -0.25) is 14.3 Å². The third-order valence-corrected chi connectivity index (χ3v) is 5.06. The van der Waals surface area contributed by atoms with Crippen molar-refractivity contribution in [1.82, 2.24) is 24.4 Å². The number of imidazole rings is 1. The van der Waals surface area contributed by atoms with E-state index in [0.717, 1.165) is 38.8 Å².